The molecule has 0 aromatic heterocycles. The fourth-order valence-corrected chi connectivity index (χ4v) is 6.00. The van der Waals surface area contributed by atoms with Crippen molar-refractivity contribution in [3.05, 3.63) is 52.5 Å². The smallest absolute Gasteiger partial charge is 0.243 e. The first-order chi connectivity index (χ1) is 15.3. The zero-order valence-electron chi connectivity index (χ0n) is 18.0. The summed E-state index contributed by atoms with van der Waals surface area (Å²) in [7, 11) is -3.63. The molecule has 32 heavy (non-hydrogen) atoms. The predicted molar refractivity (Wildman–Crippen MR) is 125 cm³/mol. The molecule has 7 nitrogen and oxygen atoms in total. The van der Waals surface area contributed by atoms with Crippen LogP contribution in [0.3, 0.4) is 0 Å². The van der Waals surface area contributed by atoms with E-state index in [1.165, 1.54) is 4.31 Å². The van der Waals surface area contributed by atoms with Crippen LogP contribution in [-0.2, 0) is 26.0 Å². The van der Waals surface area contributed by atoms with Gasteiger partial charge in [0.05, 0.1) is 4.90 Å². The molecule has 1 fully saturated rings. The van der Waals surface area contributed by atoms with Crippen LogP contribution in [0.4, 0.5) is 11.4 Å². The molecule has 1 saturated heterocycles. The number of aldehydes is 1. The minimum absolute atomic E-state index is 0.112. The van der Waals surface area contributed by atoms with E-state index in [0.717, 1.165) is 28.8 Å². The Balaban J connectivity index is 1.47. The Morgan fingerprint density at radius 3 is 2.50 bits per heavy atom. The third-order valence-corrected chi connectivity index (χ3v) is 8.24. The van der Waals surface area contributed by atoms with Gasteiger partial charge in [-0.15, -0.1) is 0 Å². The number of sulfonamides is 1. The van der Waals surface area contributed by atoms with Crippen LogP contribution >= 0.6 is 11.6 Å². The van der Waals surface area contributed by atoms with Crippen LogP contribution in [-0.4, -0.2) is 57.6 Å². The van der Waals surface area contributed by atoms with Gasteiger partial charge in [0.2, 0.25) is 15.9 Å². The molecule has 0 N–H and O–H groups in total. The zero-order valence-corrected chi connectivity index (χ0v) is 19.5. The van der Waals surface area contributed by atoms with Crippen molar-refractivity contribution in [3.8, 4) is 0 Å². The van der Waals surface area contributed by atoms with Crippen molar-refractivity contribution >= 4 is 45.2 Å². The SMILES string of the molecule is Cc1ccc(Cl)cc1N1CCN(S(=O)(=O)c2ccc3c(c2)CCN3C(=O)CCC=O)CC1. The Bertz CT molecular complexity index is 1140. The summed E-state index contributed by atoms with van der Waals surface area (Å²) in [6, 6.07) is 10.7. The van der Waals surface area contributed by atoms with Gasteiger partial charge in [-0.3, -0.25) is 4.79 Å². The molecule has 2 aromatic carbocycles. The van der Waals surface area contributed by atoms with Gasteiger partial charge in [0.1, 0.15) is 6.29 Å². The second kappa shape index (κ2) is 9.21. The van der Waals surface area contributed by atoms with Crippen LogP contribution in [0, 0.1) is 6.92 Å². The Labute approximate surface area is 193 Å². The minimum Gasteiger partial charge on any atom is -0.369 e. The number of aryl methyl sites for hydroxylation is 1. The van der Waals surface area contributed by atoms with Crippen molar-refractivity contribution in [1.29, 1.82) is 0 Å². The first-order valence-corrected chi connectivity index (χ1v) is 12.5. The highest BCUT2D eigenvalue weighted by Gasteiger charge is 2.31. The van der Waals surface area contributed by atoms with Crippen LogP contribution in [0.1, 0.15) is 24.0 Å². The quantitative estimate of drug-likeness (QED) is 0.600. The fraction of sp³-hybridized carbons (Fsp3) is 0.391. The summed E-state index contributed by atoms with van der Waals surface area (Å²) in [5, 5.41) is 0.664. The molecule has 9 heteroatoms. The van der Waals surface area contributed by atoms with E-state index in [4.69, 9.17) is 11.6 Å². The number of hydrogen-bond donors (Lipinski definition) is 0. The molecule has 0 aliphatic carbocycles. The highest BCUT2D eigenvalue weighted by Crippen LogP contribution is 2.32. The van der Waals surface area contributed by atoms with Crippen LogP contribution < -0.4 is 9.80 Å². The van der Waals surface area contributed by atoms with Crippen molar-refractivity contribution in [2.75, 3.05) is 42.5 Å². The topological polar surface area (TPSA) is 78.0 Å². The van der Waals surface area contributed by atoms with Crippen LogP contribution in [0.5, 0.6) is 0 Å². The van der Waals surface area contributed by atoms with E-state index in [-0.39, 0.29) is 23.6 Å². The number of nitrogens with zero attached hydrogens (tertiary/aromatic N) is 3. The molecule has 0 saturated carbocycles. The van der Waals surface area contributed by atoms with Crippen molar-refractivity contribution in [3.63, 3.8) is 0 Å². The molecule has 170 valence electrons. The van der Waals surface area contributed by atoms with Gasteiger partial charge in [-0.25, -0.2) is 8.42 Å². The summed E-state index contributed by atoms with van der Waals surface area (Å²) in [5.41, 5.74) is 3.72. The van der Waals surface area contributed by atoms with Crippen LogP contribution in [0.15, 0.2) is 41.3 Å². The molecule has 2 aromatic rings. The normalized spacial score (nSPS) is 16.8. The van der Waals surface area contributed by atoms with Gasteiger partial charge in [0.15, 0.2) is 0 Å². The highest BCUT2D eigenvalue weighted by molar-refractivity contribution is 7.89. The summed E-state index contributed by atoms with van der Waals surface area (Å²) in [4.78, 5) is 26.9. The number of hydrogen-bond acceptors (Lipinski definition) is 5. The minimum atomic E-state index is -3.63. The van der Waals surface area contributed by atoms with E-state index < -0.39 is 10.0 Å². The number of anilines is 2. The number of amides is 1. The Morgan fingerprint density at radius 2 is 1.78 bits per heavy atom. The highest BCUT2D eigenvalue weighted by atomic mass is 35.5. The second-order valence-electron chi connectivity index (χ2n) is 8.11. The van der Waals surface area contributed by atoms with E-state index in [2.05, 4.69) is 4.90 Å². The number of fused-ring (bicyclic) bond motifs is 1. The lowest BCUT2D eigenvalue weighted by Crippen LogP contribution is -2.48. The molecule has 2 heterocycles. The molecule has 1 amide bonds. The first-order valence-electron chi connectivity index (χ1n) is 10.7. The molecule has 0 spiro atoms. The van der Waals surface area contributed by atoms with Gasteiger partial charge >= 0.3 is 0 Å². The van der Waals surface area contributed by atoms with Crippen LogP contribution in [0.2, 0.25) is 5.02 Å². The maximum atomic E-state index is 13.3. The molecule has 0 radical (unpaired) electrons. The van der Waals surface area contributed by atoms with Crippen molar-refractivity contribution < 1.29 is 18.0 Å². The van der Waals surface area contributed by atoms with Gasteiger partial charge in [-0.2, -0.15) is 4.31 Å². The summed E-state index contributed by atoms with van der Waals surface area (Å²) < 4.78 is 28.1. The van der Waals surface area contributed by atoms with Crippen molar-refractivity contribution in [2.24, 2.45) is 0 Å². The van der Waals surface area contributed by atoms with Gasteiger partial charge in [-0.05, 0) is 54.8 Å². The van der Waals surface area contributed by atoms with Crippen LogP contribution in [0.25, 0.3) is 0 Å². The third kappa shape index (κ3) is 4.40. The summed E-state index contributed by atoms with van der Waals surface area (Å²) >= 11 is 6.15. The Morgan fingerprint density at radius 1 is 1.03 bits per heavy atom. The number of halogens is 1. The van der Waals surface area contributed by atoms with E-state index >= 15 is 0 Å². The molecular formula is C23H26ClN3O4S. The summed E-state index contributed by atoms with van der Waals surface area (Å²) in [6.45, 7) is 4.48. The molecule has 0 unspecified atom stereocenters. The Hall–Kier alpha value is -2.42. The lowest BCUT2D eigenvalue weighted by molar-refractivity contribution is -0.120. The first kappa shape index (κ1) is 22.8. The largest absolute Gasteiger partial charge is 0.369 e. The monoisotopic (exact) mass is 475 g/mol. The van der Waals surface area contributed by atoms with Gasteiger partial charge < -0.3 is 14.6 Å². The predicted octanol–water partition coefficient (Wildman–Crippen LogP) is 3.03. The van der Waals surface area contributed by atoms with Gasteiger partial charge in [0, 0.05) is 62.0 Å². The number of rotatable bonds is 6. The van der Waals surface area contributed by atoms with Gasteiger partial charge in [-0.1, -0.05) is 17.7 Å². The standard InChI is InChI=1S/C23H26ClN3O4S/c1-17-4-5-19(24)16-22(17)25-10-12-26(13-11-25)32(30,31)20-6-7-21-18(15-20)8-9-27(21)23(29)3-2-14-28/h4-7,14-16H,2-3,8-13H2,1H3. The lowest BCUT2D eigenvalue weighted by Gasteiger charge is -2.36. The third-order valence-electron chi connectivity index (χ3n) is 6.11. The average molecular weight is 476 g/mol. The molecule has 2 aliphatic heterocycles. The van der Waals surface area contributed by atoms with E-state index in [0.29, 0.717) is 44.2 Å². The number of benzene rings is 2. The fourth-order valence-electron chi connectivity index (χ4n) is 4.36. The molecule has 4 rings (SSSR count). The maximum Gasteiger partial charge on any atom is 0.243 e. The number of piperazine rings is 1. The number of carbonyl (C=O) groups excluding carboxylic acids is 2. The molecule has 2 aliphatic rings. The molecular weight excluding hydrogens is 450 g/mol. The van der Waals surface area contributed by atoms with E-state index in [9.17, 15) is 18.0 Å². The van der Waals surface area contributed by atoms with E-state index in [1.54, 1.807) is 23.1 Å². The van der Waals surface area contributed by atoms with Crippen molar-refractivity contribution in [1.82, 2.24) is 4.31 Å². The van der Waals surface area contributed by atoms with Crippen molar-refractivity contribution in [2.45, 2.75) is 31.1 Å². The summed E-state index contributed by atoms with van der Waals surface area (Å²) in [5.74, 6) is -0.112. The lowest BCUT2D eigenvalue weighted by atomic mass is 10.1. The maximum absolute atomic E-state index is 13.3. The zero-order chi connectivity index (χ0) is 22.9. The average Bonchev–Trinajstić information content (AvgIpc) is 3.22. The summed E-state index contributed by atoms with van der Waals surface area (Å²) in [6.07, 6.45) is 1.70. The second-order valence-corrected chi connectivity index (χ2v) is 10.5. The van der Waals surface area contributed by atoms with Gasteiger partial charge in [0.25, 0.3) is 0 Å². The molecule has 0 atom stereocenters. The van der Waals surface area contributed by atoms with E-state index in [1.807, 2.05) is 25.1 Å². The Kier molecular flexibility index (Phi) is 6.55. The number of carbonyl (C=O) groups is 2. The molecule has 0 bridgehead atoms.